The molecule has 5 nitrogen and oxygen atoms in total. The normalized spacial score (nSPS) is 15.0. The number of ether oxygens (including phenoxy) is 1. The van der Waals surface area contributed by atoms with Crippen LogP contribution in [0.5, 0.6) is 5.75 Å². The van der Waals surface area contributed by atoms with E-state index in [2.05, 4.69) is 27.3 Å². The molecule has 2 rings (SSSR count). The van der Waals surface area contributed by atoms with Gasteiger partial charge in [-0.2, -0.15) is 0 Å². The first-order valence-corrected chi connectivity index (χ1v) is 6.57. The van der Waals surface area contributed by atoms with Crippen LogP contribution in [0.2, 0.25) is 0 Å². The Hall–Kier alpha value is -1.11. The molecule has 1 unspecified atom stereocenters. The maximum absolute atomic E-state index is 10.8. The maximum atomic E-state index is 10.8. The fourth-order valence-corrected chi connectivity index (χ4v) is 2.49. The average Bonchev–Trinajstić information content (AvgIpc) is 2.76. The summed E-state index contributed by atoms with van der Waals surface area (Å²) in [7, 11) is 0. The summed E-state index contributed by atoms with van der Waals surface area (Å²) in [4.78, 5) is 10.8. The molecule has 6 heteroatoms. The molecular weight excluding hydrogens is 298 g/mol. The molecule has 1 aliphatic heterocycles. The van der Waals surface area contributed by atoms with Crippen LogP contribution < -0.4 is 21.5 Å². The van der Waals surface area contributed by atoms with Gasteiger partial charge in [-0.3, -0.25) is 4.79 Å². The Kier molecular flexibility index (Phi) is 4.21. The van der Waals surface area contributed by atoms with Crippen molar-refractivity contribution in [1.82, 2.24) is 5.32 Å². The van der Waals surface area contributed by atoms with E-state index >= 15 is 0 Å². The number of amides is 1. The zero-order valence-corrected chi connectivity index (χ0v) is 11.5. The van der Waals surface area contributed by atoms with Gasteiger partial charge in [-0.25, -0.2) is 0 Å². The molecule has 0 fully saturated rings. The molecule has 1 amide bonds. The lowest BCUT2D eigenvalue weighted by Gasteiger charge is -2.12. The fraction of sp³-hybridized carbons (Fsp3) is 0.417. The molecule has 1 aromatic rings. The fourth-order valence-electron chi connectivity index (χ4n) is 1.94. The number of nitrogens with two attached hydrogens (primary N) is 2. The smallest absolute Gasteiger partial charge is 0.235 e. The minimum absolute atomic E-state index is 0.358. The number of carbonyl (C=O) groups excluding carboxylic acids is 1. The van der Waals surface area contributed by atoms with Crippen LogP contribution >= 0.6 is 15.9 Å². The highest BCUT2D eigenvalue weighted by molar-refractivity contribution is 9.10. The van der Waals surface area contributed by atoms with Gasteiger partial charge in [0, 0.05) is 29.5 Å². The third-order valence-corrected chi connectivity index (χ3v) is 3.33. The number of primary amides is 1. The third kappa shape index (κ3) is 3.01. The number of rotatable bonds is 5. The lowest BCUT2D eigenvalue weighted by molar-refractivity contribution is -0.119. The van der Waals surface area contributed by atoms with Crippen LogP contribution in [-0.2, 0) is 17.8 Å². The number of fused-ring (bicyclic) bond motifs is 1. The van der Waals surface area contributed by atoms with E-state index in [1.807, 2.05) is 6.07 Å². The number of halogens is 1. The number of hydrogen-bond acceptors (Lipinski definition) is 4. The van der Waals surface area contributed by atoms with Crippen molar-refractivity contribution >= 4 is 21.8 Å². The third-order valence-electron chi connectivity index (χ3n) is 2.87. The van der Waals surface area contributed by atoms with E-state index in [1.54, 1.807) is 0 Å². The Labute approximate surface area is 114 Å². The van der Waals surface area contributed by atoms with E-state index < -0.39 is 11.9 Å². The van der Waals surface area contributed by atoms with E-state index in [1.165, 1.54) is 5.56 Å². The predicted molar refractivity (Wildman–Crippen MR) is 72.2 cm³/mol. The van der Waals surface area contributed by atoms with Crippen LogP contribution in [0.4, 0.5) is 0 Å². The van der Waals surface area contributed by atoms with Crippen molar-refractivity contribution in [3.8, 4) is 5.75 Å². The van der Waals surface area contributed by atoms with Crippen LogP contribution in [-0.4, -0.2) is 25.1 Å². The lowest BCUT2D eigenvalue weighted by Crippen LogP contribution is -2.44. The topological polar surface area (TPSA) is 90.4 Å². The van der Waals surface area contributed by atoms with Crippen molar-refractivity contribution in [2.45, 2.75) is 19.0 Å². The summed E-state index contributed by atoms with van der Waals surface area (Å²) in [6, 6.07) is 3.42. The molecule has 5 N–H and O–H groups in total. The van der Waals surface area contributed by atoms with Gasteiger partial charge in [-0.15, -0.1) is 0 Å². The van der Waals surface area contributed by atoms with Crippen molar-refractivity contribution < 1.29 is 9.53 Å². The van der Waals surface area contributed by atoms with Gasteiger partial charge in [0.15, 0.2) is 0 Å². The molecular formula is C12H16BrN3O2. The van der Waals surface area contributed by atoms with Gasteiger partial charge in [0.05, 0.1) is 12.6 Å². The molecule has 0 bridgehead atoms. The predicted octanol–water partition coefficient (Wildman–Crippen LogP) is 0.286. The summed E-state index contributed by atoms with van der Waals surface area (Å²) in [6.07, 6.45) is 0.933. The van der Waals surface area contributed by atoms with E-state index in [4.69, 9.17) is 16.2 Å². The zero-order chi connectivity index (χ0) is 13.1. The highest BCUT2D eigenvalue weighted by Gasteiger charge is 2.17. The summed E-state index contributed by atoms with van der Waals surface area (Å²) in [5.74, 6) is 0.441. The first-order chi connectivity index (χ1) is 8.58. The van der Waals surface area contributed by atoms with Crippen molar-refractivity contribution in [3.05, 3.63) is 27.7 Å². The average molecular weight is 314 g/mol. The zero-order valence-electron chi connectivity index (χ0n) is 9.91. The van der Waals surface area contributed by atoms with Crippen molar-refractivity contribution in [2.24, 2.45) is 11.5 Å². The number of nitrogens with one attached hydrogen (secondary N) is 1. The van der Waals surface area contributed by atoms with Crippen LogP contribution in [0, 0.1) is 0 Å². The molecule has 98 valence electrons. The monoisotopic (exact) mass is 313 g/mol. The minimum Gasteiger partial charge on any atom is -0.493 e. The Morgan fingerprint density at radius 1 is 1.56 bits per heavy atom. The molecule has 1 aromatic carbocycles. The van der Waals surface area contributed by atoms with Crippen molar-refractivity contribution in [2.75, 3.05) is 13.2 Å². The summed E-state index contributed by atoms with van der Waals surface area (Å²) in [6.45, 7) is 1.68. The van der Waals surface area contributed by atoms with E-state index in [0.29, 0.717) is 13.1 Å². The van der Waals surface area contributed by atoms with Gasteiger partial charge in [-0.05, 0) is 17.7 Å². The standard InChI is InChI=1S/C12H16BrN3O2/c13-9-3-7-1-2-18-11(7)8(4-9)5-16-6-10(14)12(15)17/h3-4,10,16H,1-2,5-6,14H2,(H2,15,17). The molecule has 0 saturated heterocycles. The molecule has 1 atom stereocenters. The molecule has 1 aliphatic rings. The molecule has 0 radical (unpaired) electrons. The van der Waals surface area contributed by atoms with Gasteiger partial charge < -0.3 is 21.5 Å². The SMILES string of the molecule is NC(=O)C(N)CNCc1cc(Br)cc2c1OCC2. The van der Waals surface area contributed by atoms with Gasteiger partial charge in [0.2, 0.25) is 5.91 Å². The molecule has 18 heavy (non-hydrogen) atoms. The largest absolute Gasteiger partial charge is 0.493 e. The second kappa shape index (κ2) is 5.69. The Balaban J connectivity index is 2.00. The summed E-state index contributed by atoms with van der Waals surface area (Å²) >= 11 is 3.48. The lowest BCUT2D eigenvalue weighted by atomic mass is 10.1. The summed E-state index contributed by atoms with van der Waals surface area (Å²) in [5.41, 5.74) is 12.9. The molecule has 0 aliphatic carbocycles. The first kappa shape index (κ1) is 13.3. The van der Waals surface area contributed by atoms with E-state index in [-0.39, 0.29) is 0 Å². The second-order valence-corrected chi connectivity index (χ2v) is 5.21. The van der Waals surface area contributed by atoms with Gasteiger partial charge >= 0.3 is 0 Å². The van der Waals surface area contributed by atoms with Crippen LogP contribution in [0.25, 0.3) is 0 Å². The van der Waals surface area contributed by atoms with Crippen LogP contribution in [0.15, 0.2) is 16.6 Å². The molecule has 0 saturated carbocycles. The Morgan fingerprint density at radius 3 is 3.06 bits per heavy atom. The highest BCUT2D eigenvalue weighted by Crippen LogP contribution is 2.32. The minimum atomic E-state index is -0.661. The van der Waals surface area contributed by atoms with E-state index in [9.17, 15) is 4.79 Å². The summed E-state index contributed by atoms with van der Waals surface area (Å²) in [5, 5.41) is 3.11. The first-order valence-electron chi connectivity index (χ1n) is 5.77. The highest BCUT2D eigenvalue weighted by atomic mass is 79.9. The van der Waals surface area contributed by atoms with Gasteiger partial charge in [0.1, 0.15) is 5.75 Å². The van der Waals surface area contributed by atoms with Gasteiger partial charge in [-0.1, -0.05) is 15.9 Å². The summed E-state index contributed by atoms with van der Waals surface area (Å²) < 4.78 is 6.64. The van der Waals surface area contributed by atoms with Crippen LogP contribution in [0.1, 0.15) is 11.1 Å². The Bertz CT molecular complexity index is 465. The molecule has 0 aromatic heterocycles. The molecule has 1 heterocycles. The molecule has 0 spiro atoms. The number of hydrogen-bond donors (Lipinski definition) is 3. The number of carbonyl (C=O) groups is 1. The van der Waals surface area contributed by atoms with Gasteiger partial charge in [0.25, 0.3) is 0 Å². The van der Waals surface area contributed by atoms with Crippen molar-refractivity contribution in [3.63, 3.8) is 0 Å². The van der Waals surface area contributed by atoms with Crippen LogP contribution in [0.3, 0.4) is 0 Å². The maximum Gasteiger partial charge on any atom is 0.235 e. The Morgan fingerprint density at radius 2 is 2.33 bits per heavy atom. The second-order valence-electron chi connectivity index (χ2n) is 4.29. The van der Waals surface area contributed by atoms with Crippen molar-refractivity contribution in [1.29, 1.82) is 0 Å². The number of benzene rings is 1. The quantitative estimate of drug-likeness (QED) is 0.728. The van der Waals surface area contributed by atoms with E-state index in [0.717, 1.165) is 28.8 Å².